The summed E-state index contributed by atoms with van der Waals surface area (Å²) >= 11 is 2.21. The van der Waals surface area contributed by atoms with E-state index in [2.05, 4.69) is 32.4 Å². The Hall–Kier alpha value is -1.11. The molecule has 0 amide bonds. The maximum Gasteiger partial charge on any atom is 0.239 e. The van der Waals surface area contributed by atoms with Gasteiger partial charge in [-0.25, -0.2) is 0 Å². The third-order valence-electron chi connectivity index (χ3n) is 1.54. The van der Waals surface area contributed by atoms with Gasteiger partial charge in [-0.3, -0.25) is 0 Å². The topological polar surface area (TPSA) is 53.0 Å². The number of nitrogens with zero attached hydrogens (tertiary/aromatic N) is 2. The van der Waals surface area contributed by atoms with Crippen molar-refractivity contribution >= 4 is 22.6 Å². The van der Waals surface area contributed by atoms with E-state index in [0.29, 0.717) is 0 Å². The van der Waals surface area contributed by atoms with E-state index in [0.717, 1.165) is 9.26 Å². The van der Waals surface area contributed by atoms with Gasteiger partial charge in [0.2, 0.25) is 11.9 Å². The summed E-state index contributed by atoms with van der Waals surface area (Å²) in [6, 6.07) is 7.59. The lowest BCUT2D eigenvalue weighted by Gasteiger charge is -1.88. The van der Waals surface area contributed by atoms with Gasteiger partial charge in [0, 0.05) is 15.7 Å². The molecule has 0 unspecified atom stereocenters. The van der Waals surface area contributed by atoms with Gasteiger partial charge in [0.15, 0.2) is 0 Å². The molecule has 66 valence electrons. The molecule has 0 aliphatic carbocycles. The molecule has 1 heterocycles. The molecule has 0 aliphatic heterocycles. The first-order valence-electron chi connectivity index (χ1n) is 3.57. The number of hydrogen-bond acceptors (Lipinski definition) is 3. The normalized spacial score (nSPS) is 10.2. The van der Waals surface area contributed by atoms with Crippen molar-refractivity contribution in [1.29, 1.82) is 0 Å². The second-order valence-corrected chi connectivity index (χ2v) is 3.69. The van der Waals surface area contributed by atoms with Crippen molar-refractivity contribution in [2.75, 3.05) is 0 Å². The van der Waals surface area contributed by atoms with Crippen LogP contribution in [0.5, 0.6) is 5.95 Å². The molecule has 0 atom stereocenters. The lowest BCUT2D eigenvalue weighted by molar-refractivity contribution is -0.670. The van der Waals surface area contributed by atoms with E-state index in [1.54, 1.807) is 0 Å². The average Bonchev–Trinajstić information content (AvgIpc) is 2.53. The van der Waals surface area contributed by atoms with Gasteiger partial charge in [-0.05, 0) is 39.4 Å². The lowest BCUT2D eigenvalue weighted by Crippen LogP contribution is -2.31. The minimum Gasteiger partial charge on any atom is -0.539 e. The first-order valence-corrected chi connectivity index (χ1v) is 4.65. The third-order valence-corrected chi connectivity index (χ3v) is 2.26. The highest BCUT2D eigenvalue weighted by Crippen LogP contribution is 2.06. The fraction of sp³-hybridized carbons (Fsp3) is 0. The van der Waals surface area contributed by atoms with E-state index in [9.17, 15) is 5.11 Å². The van der Waals surface area contributed by atoms with Crippen LogP contribution in [0, 0.1) is 3.57 Å². The van der Waals surface area contributed by atoms with Crippen LogP contribution in [0.2, 0.25) is 0 Å². The van der Waals surface area contributed by atoms with Gasteiger partial charge in [0.1, 0.15) is 5.95 Å². The fourth-order valence-corrected chi connectivity index (χ4v) is 1.31. The zero-order chi connectivity index (χ0) is 9.26. The predicted molar refractivity (Wildman–Crippen MR) is 50.2 cm³/mol. The molecule has 0 N–H and O–H groups in total. The summed E-state index contributed by atoms with van der Waals surface area (Å²) in [5.41, 5.74) is 0.811. The molecule has 0 fully saturated rings. The number of rotatable bonds is 1. The van der Waals surface area contributed by atoms with Crippen LogP contribution in [0.4, 0.5) is 0 Å². The lowest BCUT2D eigenvalue weighted by atomic mass is 10.3. The Morgan fingerprint density at radius 1 is 1.31 bits per heavy atom. The van der Waals surface area contributed by atoms with E-state index < -0.39 is 5.95 Å². The molecule has 4 nitrogen and oxygen atoms in total. The second-order valence-electron chi connectivity index (χ2n) is 2.44. The van der Waals surface area contributed by atoms with Crippen molar-refractivity contribution in [3.05, 3.63) is 34.0 Å². The van der Waals surface area contributed by atoms with Gasteiger partial charge in [0.05, 0.1) is 5.27 Å². The zero-order valence-electron chi connectivity index (χ0n) is 6.48. The van der Waals surface area contributed by atoms with Gasteiger partial charge in [-0.1, -0.05) is 0 Å². The Balaban J connectivity index is 2.41. The van der Waals surface area contributed by atoms with Gasteiger partial charge in [0.25, 0.3) is 0 Å². The Kier molecular flexibility index (Phi) is 2.17. The van der Waals surface area contributed by atoms with Crippen molar-refractivity contribution in [2.45, 2.75) is 0 Å². The maximum atomic E-state index is 10.7. The molecule has 0 aliphatic rings. The molecular weight excluding hydrogens is 283 g/mol. The minimum atomic E-state index is -0.446. The molecule has 1 aromatic carbocycles. The smallest absolute Gasteiger partial charge is 0.239 e. The number of benzene rings is 1. The van der Waals surface area contributed by atoms with E-state index in [1.807, 2.05) is 24.3 Å². The third kappa shape index (κ3) is 1.80. The second kappa shape index (κ2) is 3.33. The summed E-state index contributed by atoms with van der Waals surface area (Å²) in [6.45, 7) is 0. The van der Waals surface area contributed by atoms with Gasteiger partial charge in [-0.2, -0.15) is 0 Å². The van der Waals surface area contributed by atoms with Crippen LogP contribution >= 0.6 is 22.6 Å². The highest BCUT2D eigenvalue weighted by atomic mass is 127. The monoisotopic (exact) mass is 288 g/mol. The molecule has 2 aromatic rings. The van der Waals surface area contributed by atoms with Crippen LogP contribution in [0.25, 0.3) is 5.69 Å². The van der Waals surface area contributed by atoms with E-state index in [-0.39, 0.29) is 0 Å². The Morgan fingerprint density at radius 2 is 2.00 bits per heavy atom. The number of hydrogen-bond donors (Lipinski definition) is 0. The summed E-state index contributed by atoms with van der Waals surface area (Å²) in [6.07, 6.45) is 1.29. The maximum absolute atomic E-state index is 10.7. The van der Waals surface area contributed by atoms with Gasteiger partial charge < -0.3 is 9.63 Å². The summed E-state index contributed by atoms with van der Waals surface area (Å²) in [7, 11) is 0. The van der Waals surface area contributed by atoms with Gasteiger partial charge >= 0.3 is 0 Å². The molecule has 0 radical (unpaired) electrons. The molecule has 0 saturated carbocycles. The fourth-order valence-electron chi connectivity index (χ4n) is 0.947. The summed E-state index contributed by atoms with van der Waals surface area (Å²) < 4.78 is 6.94. The van der Waals surface area contributed by atoms with E-state index in [1.165, 1.54) is 10.9 Å². The SMILES string of the molecule is [O-]c1c[n+](-c2ccc(I)cc2)no1. The van der Waals surface area contributed by atoms with Crippen molar-refractivity contribution in [3.63, 3.8) is 0 Å². The largest absolute Gasteiger partial charge is 0.539 e. The summed E-state index contributed by atoms with van der Waals surface area (Å²) in [5, 5.41) is 14.2. The molecule has 0 saturated heterocycles. The van der Waals surface area contributed by atoms with Crippen molar-refractivity contribution in [1.82, 2.24) is 5.27 Å². The van der Waals surface area contributed by atoms with E-state index in [4.69, 9.17) is 0 Å². The quantitative estimate of drug-likeness (QED) is 0.571. The van der Waals surface area contributed by atoms with Crippen LogP contribution in [-0.2, 0) is 0 Å². The summed E-state index contributed by atoms with van der Waals surface area (Å²) in [5.74, 6) is -0.446. The Morgan fingerprint density at radius 3 is 2.54 bits per heavy atom. The van der Waals surface area contributed by atoms with Crippen molar-refractivity contribution in [2.24, 2.45) is 0 Å². The standard InChI is InChI=1S/C8H5IN2O2/c9-6-1-3-7(4-2-6)11-5-8(12)13-10-11/h1-5H. The molecule has 5 heteroatoms. The zero-order valence-corrected chi connectivity index (χ0v) is 8.63. The highest BCUT2D eigenvalue weighted by molar-refractivity contribution is 14.1. The first kappa shape index (κ1) is 8.49. The average molecular weight is 288 g/mol. The van der Waals surface area contributed by atoms with Crippen LogP contribution in [-0.4, -0.2) is 5.27 Å². The van der Waals surface area contributed by atoms with Gasteiger partial charge in [-0.15, -0.1) is 0 Å². The van der Waals surface area contributed by atoms with Crippen molar-refractivity contribution < 1.29 is 14.3 Å². The summed E-state index contributed by atoms with van der Waals surface area (Å²) in [4.78, 5) is 0. The van der Waals surface area contributed by atoms with E-state index >= 15 is 0 Å². The molecule has 0 spiro atoms. The van der Waals surface area contributed by atoms with Crippen LogP contribution in [0.3, 0.4) is 0 Å². The highest BCUT2D eigenvalue weighted by Gasteiger charge is 2.07. The molecule has 13 heavy (non-hydrogen) atoms. The number of halogens is 1. The molecule has 2 rings (SSSR count). The van der Waals surface area contributed by atoms with Crippen LogP contribution < -0.4 is 9.79 Å². The Bertz CT molecular complexity index is 410. The molecular formula is C8H5IN2O2. The molecule has 0 bridgehead atoms. The first-order chi connectivity index (χ1) is 6.25. The van der Waals surface area contributed by atoms with Crippen LogP contribution in [0.1, 0.15) is 0 Å². The Labute approximate surface area is 87.9 Å². The predicted octanol–water partition coefficient (Wildman–Crippen LogP) is 0.629. The number of aromatic nitrogens is 2. The van der Waals surface area contributed by atoms with Crippen molar-refractivity contribution in [3.8, 4) is 11.6 Å². The minimum absolute atomic E-state index is 0.446. The van der Waals surface area contributed by atoms with Crippen LogP contribution in [0.15, 0.2) is 35.0 Å². The molecule has 1 aromatic heterocycles.